The number of oxazole rings is 1. The minimum atomic E-state index is -1.92. The van der Waals surface area contributed by atoms with E-state index in [9.17, 15) is 24.3 Å². The van der Waals surface area contributed by atoms with Crippen LogP contribution in [0.4, 0.5) is 5.69 Å². The van der Waals surface area contributed by atoms with Crippen molar-refractivity contribution in [2.24, 2.45) is 17.8 Å². The Bertz CT molecular complexity index is 2300. The van der Waals surface area contributed by atoms with Gasteiger partial charge in [0.25, 0.3) is 11.8 Å². The lowest BCUT2D eigenvalue weighted by molar-refractivity contribution is -0.138. The minimum Gasteiger partial charge on any atom is -0.507 e. The van der Waals surface area contributed by atoms with Gasteiger partial charge in [-0.3, -0.25) is 29.0 Å². The number of hydrogen-bond donors (Lipinski definition) is 1. The Morgan fingerprint density at radius 1 is 0.837 bits per heavy atom. The Balaban J connectivity index is 1.13. The number of phenolic OH excluding ortho intramolecular Hbond substituents is 1. The van der Waals surface area contributed by atoms with Crippen molar-refractivity contribution in [3.63, 3.8) is 0 Å². The van der Waals surface area contributed by atoms with Crippen LogP contribution in [0.3, 0.4) is 0 Å². The van der Waals surface area contributed by atoms with Gasteiger partial charge in [0.1, 0.15) is 11.3 Å². The number of allylic oxidation sites excluding steroid dienone is 2. The fourth-order valence-corrected chi connectivity index (χ4v) is 9.66. The van der Waals surface area contributed by atoms with E-state index < -0.39 is 51.1 Å². The molecule has 49 heavy (non-hydrogen) atoms. The first kappa shape index (κ1) is 30.1. The second kappa shape index (κ2) is 10.3. The molecule has 11 heteroatoms. The van der Waals surface area contributed by atoms with Crippen molar-refractivity contribution in [1.29, 1.82) is 0 Å². The van der Waals surface area contributed by atoms with Crippen LogP contribution in [-0.2, 0) is 19.2 Å². The quantitative estimate of drug-likeness (QED) is 0.129. The second-order valence-corrected chi connectivity index (χ2v) is 14.5. The summed E-state index contributed by atoms with van der Waals surface area (Å²) in [5, 5.41) is 11.9. The average Bonchev–Trinajstić information content (AvgIpc) is 3.70. The first-order valence-corrected chi connectivity index (χ1v) is 16.7. The molecule has 2 saturated heterocycles. The number of carbonyl (C=O) groups excluding carboxylic acids is 4. The molecule has 2 aliphatic carbocycles. The zero-order valence-electron chi connectivity index (χ0n) is 26.0. The third kappa shape index (κ3) is 3.85. The number of rotatable bonds is 3. The number of imide groups is 2. The van der Waals surface area contributed by atoms with Gasteiger partial charge in [0.2, 0.25) is 17.7 Å². The molecule has 6 atom stereocenters. The van der Waals surface area contributed by atoms with Crippen molar-refractivity contribution < 1.29 is 28.7 Å². The van der Waals surface area contributed by atoms with E-state index in [0.717, 1.165) is 10.4 Å². The predicted octanol–water partition coefficient (Wildman–Crippen LogP) is 6.55. The molecule has 0 unspecified atom stereocenters. The Labute approximate surface area is 289 Å². The highest BCUT2D eigenvalue weighted by Gasteiger charge is 2.76. The number of benzene rings is 4. The molecule has 4 amide bonds. The van der Waals surface area contributed by atoms with Gasteiger partial charge >= 0.3 is 0 Å². The number of alkyl halides is 2. The molecule has 2 aliphatic heterocycles. The van der Waals surface area contributed by atoms with E-state index in [1.165, 1.54) is 18.0 Å². The summed E-state index contributed by atoms with van der Waals surface area (Å²) in [6.07, 6.45) is 2.04. The van der Waals surface area contributed by atoms with Crippen LogP contribution in [-0.4, -0.2) is 55.4 Å². The minimum absolute atomic E-state index is 0.0467. The van der Waals surface area contributed by atoms with Crippen LogP contribution < -0.4 is 4.90 Å². The number of carbonyl (C=O) groups is 4. The van der Waals surface area contributed by atoms with Gasteiger partial charge in [-0.2, -0.15) is 0 Å². The zero-order chi connectivity index (χ0) is 34.0. The Morgan fingerprint density at radius 2 is 1.55 bits per heavy atom. The van der Waals surface area contributed by atoms with Crippen molar-refractivity contribution in [2.45, 2.75) is 28.5 Å². The van der Waals surface area contributed by atoms with Crippen molar-refractivity contribution in [1.82, 2.24) is 9.88 Å². The monoisotopic (exact) mass is 691 g/mol. The predicted molar refractivity (Wildman–Crippen MR) is 183 cm³/mol. The maximum absolute atomic E-state index is 14.4. The molecule has 0 bridgehead atoms. The molecule has 9 nitrogen and oxygen atoms in total. The Hall–Kier alpha value is -4.99. The van der Waals surface area contributed by atoms with E-state index in [1.54, 1.807) is 42.5 Å². The fraction of sp³-hybridized carbons (Fsp3) is 0.237. The largest absolute Gasteiger partial charge is 0.507 e. The molecule has 4 aliphatic rings. The van der Waals surface area contributed by atoms with Crippen LogP contribution in [0.25, 0.3) is 33.3 Å². The van der Waals surface area contributed by atoms with Crippen molar-refractivity contribution >= 4 is 74.4 Å². The topological polar surface area (TPSA) is 121 Å². The number of amides is 4. The number of anilines is 1. The summed E-state index contributed by atoms with van der Waals surface area (Å²) in [7, 11) is 1.36. The summed E-state index contributed by atoms with van der Waals surface area (Å²) in [5.41, 5.74) is 3.75. The lowest BCUT2D eigenvalue weighted by atomic mass is 9.56. The third-order valence-electron chi connectivity index (χ3n) is 10.9. The van der Waals surface area contributed by atoms with Crippen molar-refractivity contribution in [2.75, 3.05) is 11.9 Å². The summed E-state index contributed by atoms with van der Waals surface area (Å²) < 4.78 is 5.90. The first-order chi connectivity index (χ1) is 23.5. The summed E-state index contributed by atoms with van der Waals surface area (Å²) >= 11 is 14.7. The van der Waals surface area contributed by atoms with Gasteiger partial charge in [-0.25, -0.2) is 4.98 Å². The van der Waals surface area contributed by atoms with Crippen LogP contribution in [0.15, 0.2) is 101 Å². The fourth-order valence-electron chi connectivity index (χ4n) is 8.65. The number of phenols is 1. The van der Waals surface area contributed by atoms with Crippen LogP contribution in [0, 0.1) is 17.8 Å². The number of halogens is 2. The van der Waals surface area contributed by atoms with Gasteiger partial charge in [0.15, 0.2) is 15.3 Å². The second-order valence-electron chi connectivity index (χ2n) is 13.3. The van der Waals surface area contributed by atoms with Crippen LogP contribution >= 0.6 is 23.2 Å². The number of aromatic nitrogens is 1. The first-order valence-electron chi connectivity index (χ1n) is 16.0. The number of aromatic hydroxyl groups is 1. The summed E-state index contributed by atoms with van der Waals surface area (Å²) in [6.45, 7) is 0. The average molecular weight is 693 g/mol. The lowest BCUT2D eigenvalue weighted by Gasteiger charge is -2.51. The van der Waals surface area contributed by atoms with E-state index in [1.807, 2.05) is 42.5 Å². The van der Waals surface area contributed by atoms with Gasteiger partial charge in [-0.05, 0) is 72.2 Å². The Morgan fingerprint density at radius 3 is 2.31 bits per heavy atom. The highest BCUT2D eigenvalue weighted by molar-refractivity contribution is 6.53. The maximum Gasteiger partial charge on any atom is 0.253 e. The van der Waals surface area contributed by atoms with Crippen LogP contribution in [0.2, 0.25) is 0 Å². The molecule has 4 aromatic carbocycles. The molecule has 244 valence electrons. The van der Waals surface area contributed by atoms with Crippen molar-refractivity contribution in [3.05, 3.63) is 102 Å². The smallest absolute Gasteiger partial charge is 0.253 e. The Kier molecular flexibility index (Phi) is 6.30. The molecule has 1 saturated carbocycles. The van der Waals surface area contributed by atoms with Crippen molar-refractivity contribution in [3.8, 4) is 17.2 Å². The van der Waals surface area contributed by atoms with Gasteiger partial charge < -0.3 is 9.52 Å². The molecule has 0 radical (unpaired) electrons. The number of para-hydroxylation sites is 2. The molecule has 3 fully saturated rings. The number of likely N-dealkylation sites (tertiary alicyclic amines) is 1. The third-order valence-corrected chi connectivity index (χ3v) is 12.3. The molecule has 1 N–H and O–H groups in total. The molecular weight excluding hydrogens is 665 g/mol. The molecule has 0 spiro atoms. The van der Waals surface area contributed by atoms with Gasteiger partial charge in [0, 0.05) is 23.9 Å². The van der Waals surface area contributed by atoms with E-state index in [0.29, 0.717) is 44.6 Å². The van der Waals surface area contributed by atoms with Crippen LogP contribution in [0.1, 0.15) is 24.3 Å². The summed E-state index contributed by atoms with van der Waals surface area (Å²) in [5.74, 6) is -4.67. The summed E-state index contributed by atoms with van der Waals surface area (Å²) in [6, 6.07) is 24.7. The highest BCUT2D eigenvalue weighted by Crippen LogP contribution is 2.66. The molecule has 9 rings (SSSR count). The highest BCUT2D eigenvalue weighted by atomic mass is 35.5. The lowest BCUT2D eigenvalue weighted by Crippen LogP contribution is -2.60. The molecule has 3 heterocycles. The van der Waals surface area contributed by atoms with Crippen LogP contribution in [0.5, 0.6) is 5.75 Å². The maximum atomic E-state index is 14.4. The summed E-state index contributed by atoms with van der Waals surface area (Å²) in [4.78, 5) is 59.2. The molecule has 1 aromatic heterocycles. The molecular formula is C38H27Cl2N3O6. The number of nitrogens with zero attached hydrogens (tertiary/aromatic N) is 3. The molecule has 5 aromatic rings. The van der Waals surface area contributed by atoms with Gasteiger partial charge in [-0.1, -0.05) is 54.1 Å². The standard InChI is InChI=1S/C38H27Cl2N3O6/c1-42-35(47)37(39)18-26-24(31(38(37,40)36(42)48)23-16-17-28(44)22-7-3-2-6-21(22)23)14-15-25-30(26)34(46)43(33(25)45)20-12-10-19(11-13-20)32-41-27-8-4-5-9-29(27)49-32/h2-14,16-17,25-26,30-31,44H,15,18H2,1H3/t25-,26+,30-,31-,37+,38-/m0/s1. The van der Waals surface area contributed by atoms with E-state index in [4.69, 9.17) is 27.6 Å². The van der Waals surface area contributed by atoms with Gasteiger partial charge in [-0.15, -0.1) is 23.2 Å². The number of fused-ring (bicyclic) bond motifs is 6. The van der Waals surface area contributed by atoms with E-state index in [2.05, 4.69) is 4.98 Å². The SMILES string of the molecule is CN1C(=O)[C@]2(Cl)C[C@@H]3C(=CC[C@@H]4C(=O)N(c5ccc(-c6nc7ccccc7o6)cc5)C(=O)[C@@H]43)[C@H](c3ccc(O)c4ccccc34)[C@]2(Cl)C1=O. The van der Waals surface area contributed by atoms with E-state index >= 15 is 0 Å². The zero-order valence-corrected chi connectivity index (χ0v) is 27.5. The normalized spacial score (nSPS) is 29.4. The van der Waals surface area contributed by atoms with E-state index in [-0.39, 0.29) is 24.5 Å². The number of hydrogen-bond acceptors (Lipinski definition) is 7. The van der Waals surface area contributed by atoms with Gasteiger partial charge in [0.05, 0.1) is 17.5 Å².